The van der Waals surface area contributed by atoms with Crippen molar-refractivity contribution in [2.75, 3.05) is 51.1 Å². The summed E-state index contributed by atoms with van der Waals surface area (Å²) in [5.41, 5.74) is 1.25. The van der Waals surface area contributed by atoms with Crippen molar-refractivity contribution in [3.8, 4) is 0 Å². The Morgan fingerprint density at radius 2 is 2.09 bits per heavy atom. The molecule has 1 aliphatic rings. The number of carbonyl (C=O) groups is 1. The van der Waals surface area contributed by atoms with Gasteiger partial charge in [-0.1, -0.05) is 0 Å². The highest BCUT2D eigenvalue weighted by atomic mass is 32.2. The first kappa shape index (κ1) is 17.7. The van der Waals surface area contributed by atoms with Gasteiger partial charge in [0.15, 0.2) is 9.84 Å². The Morgan fingerprint density at radius 3 is 2.70 bits per heavy atom. The second-order valence-electron chi connectivity index (χ2n) is 6.17. The topological polar surface area (TPSA) is 82.6 Å². The van der Waals surface area contributed by atoms with Crippen LogP contribution >= 0.6 is 0 Å². The Morgan fingerprint density at radius 1 is 1.35 bits per heavy atom. The van der Waals surface area contributed by atoms with Crippen molar-refractivity contribution in [1.29, 1.82) is 0 Å². The van der Waals surface area contributed by atoms with Crippen LogP contribution in [0.25, 0.3) is 0 Å². The quantitative estimate of drug-likeness (QED) is 0.803. The van der Waals surface area contributed by atoms with Crippen molar-refractivity contribution in [3.05, 3.63) is 24.0 Å². The monoisotopic (exact) mass is 340 g/mol. The molecule has 1 N–H and O–H groups in total. The molecule has 128 valence electrons. The molecule has 2 rings (SSSR count). The molecule has 1 atom stereocenters. The van der Waals surface area contributed by atoms with E-state index in [-0.39, 0.29) is 23.5 Å². The molecule has 1 unspecified atom stereocenters. The standard InChI is InChI=1S/C15H24N4O3S/c1-18(2)6-5-17-13-8-12(9-16-10-13)15(20)19(3)14-4-7-23(21,22)11-14/h8-10,14,17H,4-7,11H2,1-3H3. The summed E-state index contributed by atoms with van der Waals surface area (Å²) in [6, 6.07) is 1.50. The van der Waals surface area contributed by atoms with Crippen LogP contribution in [-0.4, -0.2) is 80.9 Å². The Balaban J connectivity index is 2.01. The van der Waals surface area contributed by atoms with Crippen LogP contribution in [0.15, 0.2) is 18.5 Å². The molecule has 0 radical (unpaired) electrons. The zero-order chi connectivity index (χ0) is 17.0. The van der Waals surface area contributed by atoms with Gasteiger partial charge >= 0.3 is 0 Å². The summed E-state index contributed by atoms with van der Waals surface area (Å²) < 4.78 is 23.1. The molecule has 1 aromatic rings. The molecule has 7 nitrogen and oxygen atoms in total. The number of aromatic nitrogens is 1. The summed E-state index contributed by atoms with van der Waals surface area (Å²) in [6.07, 6.45) is 3.69. The maximum atomic E-state index is 12.5. The lowest BCUT2D eigenvalue weighted by molar-refractivity contribution is 0.0747. The Bertz CT molecular complexity index is 660. The number of sulfone groups is 1. The van der Waals surface area contributed by atoms with Crippen molar-refractivity contribution in [1.82, 2.24) is 14.8 Å². The van der Waals surface area contributed by atoms with Crippen molar-refractivity contribution in [2.24, 2.45) is 0 Å². The van der Waals surface area contributed by atoms with Gasteiger partial charge in [0.25, 0.3) is 5.91 Å². The number of nitrogens with zero attached hydrogens (tertiary/aromatic N) is 3. The van der Waals surface area contributed by atoms with E-state index in [9.17, 15) is 13.2 Å². The lowest BCUT2D eigenvalue weighted by atomic mass is 10.2. The number of hydrogen-bond donors (Lipinski definition) is 1. The molecule has 1 saturated heterocycles. The summed E-state index contributed by atoms with van der Waals surface area (Å²) in [5.74, 6) is -0.000747. The molecule has 1 amide bonds. The van der Waals surface area contributed by atoms with E-state index in [2.05, 4.69) is 15.2 Å². The van der Waals surface area contributed by atoms with Crippen LogP contribution in [0.4, 0.5) is 5.69 Å². The molecule has 8 heteroatoms. The zero-order valence-corrected chi connectivity index (χ0v) is 14.6. The van der Waals surface area contributed by atoms with Crippen LogP contribution in [0.2, 0.25) is 0 Å². The zero-order valence-electron chi connectivity index (χ0n) is 13.8. The second-order valence-corrected chi connectivity index (χ2v) is 8.39. The summed E-state index contributed by atoms with van der Waals surface area (Å²) in [5, 5.41) is 3.22. The highest BCUT2D eigenvalue weighted by Crippen LogP contribution is 2.19. The maximum absolute atomic E-state index is 12.5. The molecule has 23 heavy (non-hydrogen) atoms. The van der Waals surface area contributed by atoms with Gasteiger partial charge in [-0.15, -0.1) is 0 Å². The van der Waals surface area contributed by atoms with E-state index in [0.717, 1.165) is 18.8 Å². The van der Waals surface area contributed by atoms with Crippen LogP contribution in [0, 0.1) is 0 Å². The highest BCUT2D eigenvalue weighted by molar-refractivity contribution is 7.91. The second kappa shape index (κ2) is 7.27. The number of carbonyl (C=O) groups excluding carboxylic acids is 1. The fourth-order valence-corrected chi connectivity index (χ4v) is 4.30. The first-order valence-corrected chi connectivity index (χ1v) is 9.42. The SMILES string of the molecule is CN(C)CCNc1cncc(C(=O)N(C)C2CCS(=O)(=O)C2)c1. The molecule has 0 bridgehead atoms. The van der Waals surface area contributed by atoms with Crippen molar-refractivity contribution in [3.63, 3.8) is 0 Å². The smallest absolute Gasteiger partial charge is 0.255 e. The Labute approximate surface area is 137 Å². The number of pyridine rings is 1. The number of likely N-dealkylation sites (N-methyl/N-ethyl adjacent to an activating group) is 1. The fraction of sp³-hybridized carbons (Fsp3) is 0.600. The third-order valence-corrected chi connectivity index (χ3v) is 5.70. The number of rotatable bonds is 6. The van der Waals surface area contributed by atoms with E-state index < -0.39 is 9.84 Å². The van der Waals surface area contributed by atoms with Gasteiger partial charge in [0.05, 0.1) is 22.8 Å². The van der Waals surface area contributed by atoms with E-state index in [4.69, 9.17) is 0 Å². The van der Waals surface area contributed by atoms with Crippen molar-refractivity contribution in [2.45, 2.75) is 12.5 Å². The Kier molecular flexibility index (Phi) is 5.59. The molecule has 0 saturated carbocycles. The van der Waals surface area contributed by atoms with Crippen LogP contribution in [-0.2, 0) is 9.84 Å². The minimum atomic E-state index is -3.01. The van der Waals surface area contributed by atoms with Gasteiger partial charge in [0, 0.05) is 38.6 Å². The lowest BCUT2D eigenvalue weighted by Gasteiger charge is -2.23. The van der Waals surface area contributed by atoms with Gasteiger partial charge < -0.3 is 15.1 Å². The number of amides is 1. The minimum absolute atomic E-state index is 0.0451. The normalized spacial score (nSPS) is 19.7. The molecule has 0 aromatic carbocycles. The molecular formula is C15H24N4O3S. The largest absolute Gasteiger partial charge is 0.382 e. The lowest BCUT2D eigenvalue weighted by Crippen LogP contribution is -2.37. The summed E-state index contributed by atoms with van der Waals surface area (Å²) >= 11 is 0. The molecule has 0 aliphatic carbocycles. The van der Waals surface area contributed by atoms with Crippen LogP contribution in [0.1, 0.15) is 16.8 Å². The molecule has 1 fully saturated rings. The number of hydrogen-bond acceptors (Lipinski definition) is 6. The summed E-state index contributed by atoms with van der Waals surface area (Å²) in [4.78, 5) is 20.2. The Hall–Kier alpha value is -1.67. The van der Waals surface area contributed by atoms with Gasteiger partial charge in [-0.25, -0.2) is 8.42 Å². The average Bonchev–Trinajstić information content (AvgIpc) is 2.86. The molecule has 1 aromatic heterocycles. The number of nitrogens with one attached hydrogen (secondary N) is 1. The van der Waals surface area contributed by atoms with E-state index in [1.54, 1.807) is 19.3 Å². The van der Waals surface area contributed by atoms with Gasteiger partial charge in [-0.05, 0) is 26.6 Å². The van der Waals surface area contributed by atoms with Crippen molar-refractivity contribution >= 4 is 21.4 Å². The van der Waals surface area contributed by atoms with Gasteiger partial charge in [0.2, 0.25) is 0 Å². The predicted molar refractivity (Wildman–Crippen MR) is 90.4 cm³/mol. The van der Waals surface area contributed by atoms with Gasteiger partial charge in [-0.2, -0.15) is 0 Å². The molecule has 1 aliphatic heterocycles. The van der Waals surface area contributed by atoms with Crippen molar-refractivity contribution < 1.29 is 13.2 Å². The molecular weight excluding hydrogens is 316 g/mol. The van der Waals surface area contributed by atoms with Gasteiger partial charge in [0.1, 0.15) is 0 Å². The molecule has 0 spiro atoms. The van der Waals surface area contributed by atoms with E-state index in [1.807, 2.05) is 14.1 Å². The first-order valence-electron chi connectivity index (χ1n) is 7.60. The molecule has 2 heterocycles. The van der Waals surface area contributed by atoms with E-state index in [1.165, 1.54) is 11.1 Å². The van der Waals surface area contributed by atoms with E-state index in [0.29, 0.717) is 12.0 Å². The minimum Gasteiger partial charge on any atom is -0.382 e. The third kappa shape index (κ3) is 4.90. The maximum Gasteiger partial charge on any atom is 0.255 e. The van der Waals surface area contributed by atoms with E-state index >= 15 is 0 Å². The van der Waals surface area contributed by atoms with Crippen LogP contribution in [0.3, 0.4) is 0 Å². The highest BCUT2D eigenvalue weighted by Gasteiger charge is 2.33. The fourth-order valence-electron chi connectivity index (χ4n) is 2.53. The summed E-state index contributed by atoms with van der Waals surface area (Å²) in [7, 11) is 2.62. The number of anilines is 1. The average molecular weight is 340 g/mol. The third-order valence-electron chi connectivity index (χ3n) is 3.95. The first-order chi connectivity index (χ1) is 10.8. The van der Waals surface area contributed by atoms with Crippen LogP contribution in [0.5, 0.6) is 0 Å². The van der Waals surface area contributed by atoms with Gasteiger partial charge in [-0.3, -0.25) is 9.78 Å². The van der Waals surface area contributed by atoms with Crippen LogP contribution < -0.4 is 5.32 Å². The summed E-state index contributed by atoms with van der Waals surface area (Å²) in [6.45, 7) is 1.63. The predicted octanol–water partition coefficient (Wildman–Crippen LogP) is 0.314.